The molecule has 1 unspecified atom stereocenters. The standard InChI is InChI=1S/C12H22N2O/c1-3-12(6-7-12)9-13-10(15)11(2)5-4-8-14-11/h14H,3-9H2,1-2H3,(H,13,15). The quantitative estimate of drug-likeness (QED) is 0.737. The predicted molar refractivity (Wildman–Crippen MR) is 60.6 cm³/mol. The number of hydrogen-bond acceptors (Lipinski definition) is 2. The third-order valence-electron chi connectivity index (χ3n) is 4.20. The van der Waals surface area contributed by atoms with E-state index in [0.717, 1.165) is 25.9 Å². The molecule has 0 aromatic heterocycles. The molecule has 1 heterocycles. The summed E-state index contributed by atoms with van der Waals surface area (Å²) < 4.78 is 0. The highest BCUT2D eigenvalue weighted by molar-refractivity contribution is 5.86. The molecular weight excluding hydrogens is 188 g/mol. The van der Waals surface area contributed by atoms with E-state index < -0.39 is 0 Å². The predicted octanol–water partition coefficient (Wildman–Crippen LogP) is 1.43. The van der Waals surface area contributed by atoms with Crippen molar-refractivity contribution in [2.45, 2.75) is 51.5 Å². The van der Waals surface area contributed by atoms with Crippen LogP contribution in [0.2, 0.25) is 0 Å². The van der Waals surface area contributed by atoms with Gasteiger partial charge in [-0.2, -0.15) is 0 Å². The molecule has 1 saturated carbocycles. The molecule has 1 aliphatic carbocycles. The molecule has 2 rings (SSSR count). The molecule has 1 aliphatic heterocycles. The van der Waals surface area contributed by atoms with Crippen LogP contribution in [0.1, 0.15) is 46.0 Å². The first-order chi connectivity index (χ1) is 7.10. The Bertz CT molecular complexity index is 252. The molecule has 0 spiro atoms. The second-order valence-corrected chi connectivity index (χ2v) is 5.40. The fourth-order valence-corrected chi connectivity index (χ4v) is 2.38. The largest absolute Gasteiger partial charge is 0.354 e. The molecule has 3 nitrogen and oxygen atoms in total. The summed E-state index contributed by atoms with van der Waals surface area (Å²) in [7, 11) is 0. The Hall–Kier alpha value is -0.570. The van der Waals surface area contributed by atoms with Gasteiger partial charge < -0.3 is 10.6 Å². The number of nitrogens with one attached hydrogen (secondary N) is 2. The monoisotopic (exact) mass is 210 g/mol. The van der Waals surface area contributed by atoms with Crippen molar-refractivity contribution in [3.8, 4) is 0 Å². The lowest BCUT2D eigenvalue weighted by Gasteiger charge is -2.24. The minimum absolute atomic E-state index is 0.194. The van der Waals surface area contributed by atoms with Gasteiger partial charge in [0.1, 0.15) is 0 Å². The van der Waals surface area contributed by atoms with Crippen molar-refractivity contribution >= 4 is 5.91 Å². The molecule has 1 atom stereocenters. The fraction of sp³-hybridized carbons (Fsp3) is 0.917. The Kier molecular flexibility index (Phi) is 2.75. The number of carbonyl (C=O) groups is 1. The van der Waals surface area contributed by atoms with Crippen LogP contribution in [0.5, 0.6) is 0 Å². The van der Waals surface area contributed by atoms with Gasteiger partial charge >= 0.3 is 0 Å². The van der Waals surface area contributed by atoms with E-state index >= 15 is 0 Å². The van der Waals surface area contributed by atoms with Crippen LogP contribution in [0.15, 0.2) is 0 Å². The van der Waals surface area contributed by atoms with Crippen molar-refractivity contribution in [1.29, 1.82) is 0 Å². The average molecular weight is 210 g/mol. The van der Waals surface area contributed by atoms with Gasteiger partial charge in [-0.15, -0.1) is 0 Å². The maximum absolute atomic E-state index is 12.0. The number of rotatable bonds is 4. The lowest BCUT2D eigenvalue weighted by Crippen LogP contribution is -2.52. The lowest BCUT2D eigenvalue weighted by atomic mass is 9.98. The number of hydrogen-bond donors (Lipinski definition) is 2. The van der Waals surface area contributed by atoms with E-state index in [1.807, 2.05) is 6.92 Å². The maximum Gasteiger partial charge on any atom is 0.240 e. The molecule has 2 N–H and O–H groups in total. The fourth-order valence-electron chi connectivity index (χ4n) is 2.38. The Morgan fingerprint density at radius 1 is 1.40 bits per heavy atom. The molecular formula is C12H22N2O. The minimum Gasteiger partial charge on any atom is -0.354 e. The minimum atomic E-state index is -0.302. The van der Waals surface area contributed by atoms with E-state index in [9.17, 15) is 4.79 Å². The van der Waals surface area contributed by atoms with Crippen LogP contribution in [0.25, 0.3) is 0 Å². The summed E-state index contributed by atoms with van der Waals surface area (Å²) in [5.41, 5.74) is 0.147. The highest BCUT2D eigenvalue weighted by atomic mass is 16.2. The van der Waals surface area contributed by atoms with Crippen molar-refractivity contribution in [3.05, 3.63) is 0 Å². The normalized spacial score (nSPS) is 32.7. The maximum atomic E-state index is 12.0. The van der Waals surface area contributed by atoms with Crippen LogP contribution in [-0.4, -0.2) is 24.5 Å². The van der Waals surface area contributed by atoms with E-state index in [0.29, 0.717) is 5.41 Å². The van der Waals surface area contributed by atoms with Crippen molar-refractivity contribution in [3.63, 3.8) is 0 Å². The Morgan fingerprint density at radius 3 is 2.60 bits per heavy atom. The zero-order chi connectivity index (χ0) is 10.9. The number of carbonyl (C=O) groups excluding carboxylic acids is 1. The van der Waals surface area contributed by atoms with E-state index in [4.69, 9.17) is 0 Å². The summed E-state index contributed by atoms with van der Waals surface area (Å²) in [6.45, 7) is 6.08. The van der Waals surface area contributed by atoms with Gasteiger partial charge in [0.25, 0.3) is 0 Å². The highest BCUT2D eigenvalue weighted by Gasteiger charge is 2.42. The molecule has 3 heteroatoms. The van der Waals surface area contributed by atoms with E-state index in [2.05, 4.69) is 17.6 Å². The highest BCUT2D eigenvalue weighted by Crippen LogP contribution is 2.47. The molecule has 1 amide bonds. The molecule has 0 aromatic rings. The molecule has 0 aromatic carbocycles. The molecule has 15 heavy (non-hydrogen) atoms. The van der Waals surface area contributed by atoms with Crippen molar-refractivity contribution < 1.29 is 4.79 Å². The molecule has 0 radical (unpaired) electrons. The zero-order valence-corrected chi connectivity index (χ0v) is 9.86. The van der Waals surface area contributed by atoms with Gasteiger partial charge in [-0.3, -0.25) is 4.79 Å². The average Bonchev–Trinajstić information content (AvgIpc) is 2.90. The Labute approximate surface area is 92.0 Å². The summed E-state index contributed by atoms with van der Waals surface area (Å²) >= 11 is 0. The summed E-state index contributed by atoms with van der Waals surface area (Å²) in [5.74, 6) is 0.194. The first kappa shape index (κ1) is 10.9. The van der Waals surface area contributed by atoms with Crippen LogP contribution < -0.4 is 10.6 Å². The van der Waals surface area contributed by atoms with Gasteiger partial charge in [0.05, 0.1) is 5.54 Å². The Balaban J connectivity index is 1.82. The lowest BCUT2D eigenvalue weighted by molar-refractivity contribution is -0.126. The molecule has 2 fully saturated rings. The van der Waals surface area contributed by atoms with E-state index in [-0.39, 0.29) is 11.4 Å². The van der Waals surface area contributed by atoms with E-state index in [1.54, 1.807) is 0 Å². The van der Waals surface area contributed by atoms with Crippen LogP contribution in [0, 0.1) is 5.41 Å². The van der Waals surface area contributed by atoms with Crippen molar-refractivity contribution in [1.82, 2.24) is 10.6 Å². The van der Waals surface area contributed by atoms with Gasteiger partial charge in [-0.25, -0.2) is 0 Å². The van der Waals surface area contributed by atoms with Crippen LogP contribution >= 0.6 is 0 Å². The van der Waals surface area contributed by atoms with E-state index in [1.165, 1.54) is 19.3 Å². The third kappa shape index (κ3) is 2.17. The molecule has 2 aliphatic rings. The second-order valence-electron chi connectivity index (χ2n) is 5.40. The summed E-state index contributed by atoms with van der Waals surface area (Å²) in [4.78, 5) is 12.0. The Morgan fingerprint density at radius 2 is 2.13 bits per heavy atom. The van der Waals surface area contributed by atoms with Gasteiger partial charge in [-0.05, 0) is 51.0 Å². The van der Waals surface area contributed by atoms with Crippen LogP contribution in [0.4, 0.5) is 0 Å². The van der Waals surface area contributed by atoms with Crippen LogP contribution in [0.3, 0.4) is 0 Å². The molecule has 1 saturated heterocycles. The summed E-state index contributed by atoms with van der Waals surface area (Å²) in [5, 5.41) is 6.41. The van der Waals surface area contributed by atoms with Gasteiger partial charge in [-0.1, -0.05) is 6.92 Å². The second kappa shape index (κ2) is 3.78. The van der Waals surface area contributed by atoms with Gasteiger partial charge in [0.2, 0.25) is 5.91 Å². The first-order valence-corrected chi connectivity index (χ1v) is 6.14. The summed E-state index contributed by atoms with van der Waals surface area (Å²) in [6.07, 6.45) is 5.85. The molecule has 0 bridgehead atoms. The zero-order valence-electron chi connectivity index (χ0n) is 9.86. The first-order valence-electron chi connectivity index (χ1n) is 6.14. The smallest absolute Gasteiger partial charge is 0.240 e. The molecule has 86 valence electrons. The third-order valence-corrected chi connectivity index (χ3v) is 4.20. The SMILES string of the molecule is CCC1(CNC(=O)C2(C)CCCN2)CC1. The van der Waals surface area contributed by atoms with Crippen molar-refractivity contribution in [2.75, 3.05) is 13.1 Å². The van der Waals surface area contributed by atoms with Gasteiger partial charge in [0, 0.05) is 6.54 Å². The summed E-state index contributed by atoms with van der Waals surface area (Å²) in [6, 6.07) is 0. The number of amides is 1. The van der Waals surface area contributed by atoms with Crippen LogP contribution in [-0.2, 0) is 4.79 Å². The topological polar surface area (TPSA) is 41.1 Å². The van der Waals surface area contributed by atoms with Crippen molar-refractivity contribution in [2.24, 2.45) is 5.41 Å². The van der Waals surface area contributed by atoms with Gasteiger partial charge in [0.15, 0.2) is 0 Å².